The summed E-state index contributed by atoms with van der Waals surface area (Å²) in [5.41, 5.74) is 4.85. The Hall–Kier alpha value is -4.10. The second kappa shape index (κ2) is 9.27. The Morgan fingerprint density at radius 3 is 2.49 bits per heavy atom. The molecule has 0 radical (unpaired) electrons. The van der Waals surface area contributed by atoms with Crippen LogP contribution in [0.15, 0.2) is 83.0 Å². The average molecular weight is 487 g/mol. The number of aryl methyl sites for hydroxylation is 1. The minimum absolute atomic E-state index is 0.280. The number of allylic oxidation sites excluding steroid dienone is 1. The number of carbonyl (C=O) groups excluding carboxylic acids is 1. The summed E-state index contributed by atoms with van der Waals surface area (Å²) >= 11 is 6.12. The normalized spacial score (nSPS) is 15.8. The molecule has 1 N–H and O–H groups in total. The first kappa shape index (κ1) is 22.7. The van der Waals surface area contributed by atoms with Gasteiger partial charge in [-0.25, -0.2) is 4.79 Å². The number of halogens is 1. The molecule has 0 aliphatic carbocycles. The lowest BCUT2D eigenvalue weighted by molar-refractivity contribution is 0.244. The summed E-state index contributed by atoms with van der Waals surface area (Å²) in [6.45, 7) is 3.89. The second-order valence-corrected chi connectivity index (χ2v) is 8.70. The van der Waals surface area contributed by atoms with Crippen molar-refractivity contribution in [3.63, 3.8) is 0 Å². The molecule has 2 heterocycles. The Bertz CT molecular complexity index is 1410. The number of methoxy groups -OCH3 is 1. The molecule has 0 fully saturated rings. The first-order valence-corrected chi connectivity index (χ1v) is 11.4. The SMILES string of the molecule is COc1cccc(N2C(=O)NC(c3ccc(Cl)cc3)C(c3nc(-c4ccc(C)cc4)no3)=C2C)c1. The maximum atomic E-state index is 13.3. The Labute approximate surface area is 208 Å². The van der Waals surface area contributed by atoms with Gasteiger partial charge in [-0.2, -0.15) is 4.98 Å². The van der Waals surface area contributed by atoms with Crippen LogP contribution in [0.2, 0.25) is 5.02 Å². The fourth-order valence-corrected chi connectivity index (χ4v) is 4.26. The molecule has 0 bridgehead atoms. The van der Waals surface area contributed by atoms with Crippen molar-refractivity contribution in [3.8, 4) is 17.1 Å². The molecular formula is C27H23ClN4O3. The summed E-state index contributed by atoms with van der Waals surface area (Å²) < 4.78 is 11.1. The van der Waals surface area contributed by atoms with Crippen LogP contribution in [-0.4, -0.2) is 23.3 Å². The van der Waals surface area contributed by atoms with Crippen molar-refractivity contribution in [2.24, 2.45) is 0 Å². The molecule has 0 saturated heterocycles. The third-order valence-corrected chi connectivity index (χ3v) is 6.22. The third kappa shape index (κ3) is 4.38. The Kier molecular flexibility index (Phi) is 6.01. The fourth-order valence-electron chi connectivity index (χ4n) is 4.14. The molecule has 2 amide bonds. The highest BCUT2D eigenvalue weighted by Gasteiger charge is 2.36. The maximum Gasteiger partial charge on any atom is 0.327 e. The molecule has 0 saturated carbocycles. The molecule has 1 aromatic heterocycles. The Morgan fingerprint density at radius 1 is 1.03 bits per heavy atom. The molecule has 4 aromatic rings. The van der Waals surface area contributed by atoms with Crippen LogP contribution in [0.5, 0.6) is 5.75 Å². The van der Waals surface area contributed by atoms with Crippen LogP contribution in [-0.2, 0) is 0 Å². The lowest BCUT2D eigenvalue weighted by atomic mass is 9.94. The van der Waals surface area contributed by atoms with E-state index < -0.39 is 6.04 Å². The van der Waals surface area contributed by atoms with Gasteiger partial charge in [-0.05, 0) is 43.7 Å². The second-order valence-electron chi connectivity index (χ2n) is 8.26. The highest BCUT2D eigenvalue weighted by molar-refractivity contribution is 6.30. The number of urea groups is 1. The van der Waals surface area contributed by atoms with Gasteiger partial charge in [0.2, 0.25) is 5.82 Å². The first-order chi connectivity index (χ1) is 16.9. The molecule has 5 rings (SSSR count). The van der Waals surface area contributed by atoms with Gasteiger partial charge in [-0.15, -0.1) is 0 Å². The van der Waals surface area contributed by atoms with E-state index in [1.165, 1.54) is 0 Å². The molecule has 0 spiro atoms. The summed E-state index contributed by atoms with van der Waals surface area (Å²) in [4.78, 5) is 19.6. The number of anilines is 1. The van der Waals surface area contributed by atoms with Crippen molar-refractivity contribution in [3.05, 3.63) is 101 Å². The Morgan fingerprint density at radius 2 is 1.77 bits per heavy atom. The van der Waals surface area contributed by atoms with Crippen molar-refractivity contribution in [1.29, 1.82) is 0 Å². The van der Waals surface area contributed by atoms with Gasteiger partial charge < -0.3 is 14.6 Å². The van der Waals surface area contributed by atoms with E-state index in [1.807, 2.05) is 68.4 Å². The number of aromatic nitrogens is 2. The zero-order valence-electron chi connectivity index (χ0n) is 19.4. The number of amides is 2. The molecular weight excluding hydrogens is 464 g/mol. The summed E-state index contributed by atoms with van der Waals surface area (Å²) in [6.07, 6.45) is 0. The smallest absolute Gasteiger partial charge is 0.327 e. The van der Waals surface area contributed by atoms with Gasteiger partial charge in [0.05, 0.1) is 24.4 Å². The predicted molar refractivity (Wildman–Crippen MR) is 135 cm³/mol. The van der Waals surface area contributed by atoms with Crippen molar-refractivity contribution in [2.75, 3.05) is 12.0 Å². The molecule has 1 aliphatic heterocycles. The summed E-state index contributed by atoms with van der Waals surface area (Å²) in [5.74, 6) is 1.44. The van der Waals surface area contributed by atoms with E-state index >= 15 is 0 Å². The summed E-state index contributed by atoms with van der Waals surface area (Å²) in [6, 6.07) is 21.7. The van der Waals surface area contributed by atoms with Crippen LogP contribution in [0.4, 0.5) is 10.5 Å². The van der Waals surface area contributed by atoms with Gasteiger partial charge in [0.25, 0.3) is 5.89 Å². The monoisotopic (exact) mass is 486 g/mol. The minimum atomic E-state index is -0.507. The van der Waals surface area contributed by atoms with E-state index in [-0.39, 0.29) is 6.03 Å². The molecule has 8 heteroatoms. The molecule has 176 valence electrons. The van der Waals surface area contributed by atoms with Crippen molar-refractivity contribution in [1.82, 2.24) is 15.5 Å². The van der Waals surface area contributed by atoms with E-state index in [1.54, 1.807) is 30.2 Å². The molecule has 35 heavy (non-hydrogen) atoms. The van der Waals surface area contributed by atoms with Gasteiger partial charge in [0.1, 0.15) is 5.75 Å². The summed E-state index contributed by atoms with van der Waals surface area (Å²) in [7, 11) is 1.59. The summed E-state index contributed by atoms with van der Waals surface area (Å²) in [5, 5.41) is 7.92. The minimum Gasteiger partial charge on any atom is -0.497 e. The highest BCUT2D eigenvalue weighted by atomic mass is 35.5. The van der Waals surface area contributed by atoms with Gasteiger partial charge in [0.15, 0.2) is 0 Å². The number of hydrogen-bond donors (Lipinski definition) is 1. The van der Waals surface area contributed by atoms with Crippen molar-refractivity contribution >= 4 is 28.9 Å². The third-order valence-electron chi connectivity index (χ3n) is 5.97. The number of ether oxygens (including phenoxy) is 1. The number of carbonyl (C=O) groups is 1. The number of benzene rings is 3. The zero-order valence-corrected chi connectivity index (χ0v) is 20.2. The van der Waals surface area contributed by atoms with Crippen molar-refractivity contribution < 1.29 is 14.1 Å². The Balaban J connectivity index is 1.65. The lowest BCUT2D eigenvalue weighted by Crippen LogP contribution is -2.46. The van der Waals surface area contributed by atoms with Crippen LogP contribution in [0.25, 0.3) is 17.0 Å². The van der Waals surface area contributed by atoms with Crippen LogP contribution in [0, 0.1) is 6.92 Å². The topological polar surface area (TPSA) is 80.5 Å². The average Bonchev–Trinajstić information content (AvgIpc) is 3.34. The molecule has 3 aromatic carbocycles. The predicted octanol–water partition coefficient (Wildman–Crippen LogP) is 6.41. The standard InChI is InChI=1S/C27H23ClN4O3/c1-16-7-9-19(10-8-16)25-30-26(35-31-25)23-17(2)32(21-5-4-6-22(15-21)34-3)27(33)29-24(23)18-11-13-20(28)14-12-18/h4-15,24H,1-3H3,(H,29,33). The van der Waals surface area contributed by atoms with Crippen LogP contribution < -0.4 is 15.0 Å². The zero-order chi connectivity index (χ0) is 24.5. The van der Waals surface area contributed by atoms with E-state index in [0.717, 1.165) is 16.7 Å². The van der Waals surface area contributed by atoms with Gasteiger partial charge in [-0.3, -0.25) is 4.90 Å². The van der Waals surface area contributed by atoms with E-state index in [0.29, 0.717) is 39.4 Å². The quantitative estimate of drug-likeness (QED) is 0.352. The first-order valence-electron chi connectivity index (χ1n) is 11.1. The molecule has 7 nitrogen and oxygen atoms in total. The number of hydrogen-bond acceptors (Lipinski definition) is 5. The van der Waals surface area contributed by atoms with Gasteiger partial charge in [0, 0.05) is 22.3 Å². The number of nitrogens with one attached hydrogen (secondary N) is 1. The highest BCUT2D eigenvalue weighted by Crippen LogP contribution is 2.39. The molecule has 1 atom stereocenters. The van der Waals surface area contributed by atoms with Gasteiger partial charge >= 0.3 is 6.03 Å². The molecule has 1 unspecified atom stereocenters. The van der Waals surface area contributed by atoms with E-state index in [4.69, 9.17) is 25.8 Å². The maximum absolute atomic E-state index is 13.3. The van der Waals surface area contributed by atoms with Crippen LogP contribution in [0.3, 0.4) is 0 Å². The van der Waals surface area contributed by atoms with E-state index in [2.05, 4.69) is 10.5 Å². The molecule has 1 aliphatic rings. The number of nitrogens with zero attached hydrogens (tertiary/aromatic N) is 3. The van der Waals surface area contributed by atoms with Crippen molar-refractivity contribution in [2.45, 2.75) is 19.9 Å². The lowest BCUT2D eigenvalue weighted by Gasteiger charge is -2.35. The number of rotatable bonds is 5. The van der Waals surface area contributed by atoms with Gasteiger partial charge in [-0.1, -0.05) is 64.8 Å². The largest absolute Gasteiger partial charge is 0.497 e. The van der Waals surface area contributed by atoms with Crippen LogP contribution in [0.1, 0.15) is 30.0 Å². The fraction of sp³-hybridized carbons (Fsp3) is 0.148. The van der Waals surface area contributed by atoms with Crippen LogP contribution >= 0.6 is 11.6 Å². The van der Waals surface area contributed by atoms with E-state index in [9.17, 15) is 4.79 Å².